The van der Waals surface area contributed by atoms with Gasteiger partial charge in [0, 0.05) is 37.0 Å². The number of hydrogen-bond donors (Lipinski definition) is 1. The molecule has 0 atom stereocenters. The first kappa shape index (κ1) is 11.5. The molecule has 98 valence electrons. The van der Waals surface area contributed by atoms with Gasteiger partial charge in [0.1, 0.15) is 5.82 Å². The Morgan fingerprint density at radius 2 is 2.00 bits per heavy atom. The zero-order valence-corrected chi connectivity index (χ0v) is 10.4. The van der Waals surface area contributed by atoms with Crippen LogP contribution in [0.4, 0.5) is 17.2 Å². The van der Waals surface area contributed by atoms with E-state index in [9.17, 15) is 10.1 Å². The third-order valence-corrected chi connectivity index (χ3v) is 3.39. The predicted octanol–water partition coefficient (Wildman–Crippen LogP) is 1.43. The molecule has 2 N–H and O–H groups in total. The minimum atomic E-state index is -0.401. The Balaban J connectivity index is 1.84. The van der Waals surface area contributed by atoms with Crippen molar-refractivity contribution in [2.24, 2.45) is 7.05 Å². The van der Waals surface area contributed by atoms with Gasteiger partial charge in [-0.2, -0.15) is 5.10 Å². The van der Waals surface area contributed by atoms with Gasteiger partial charge in [0.2, 0.25) is 0 Å². The summed E-state index contributed by atoms with van der Waals surface area (Å²) in [5, 5.41) is 15.0. The molecule has 19 heavy (non-hydrogen) atoms. The third kappa shape index (κ3) is 1.79. The molecule has 2 aromatic rings. The number of nitrogens with two attached hydrogens (primary N) is 1. The number of fused-ring (bicyclic) bond motifs is 1. The Labute approximate surface area is 109 Å². The molecule has 0 aliphatic carbocycles. The van der Waals surface area contributed by atoms with Crippen molar-refractivity contribution in [3.8, 4) is 0 Å². The van der Waals surface area contributed by atoms with Crippen molar-refractivity contribution in [2.75, 3.05) is 10.6 Å². The van der Waals surface area contributed by atoms with Gasteiger partial charge in [-0.25, -0.2) is 0 Å². The number of nitro groups is 1. The second kappa shape index (κ2) is 3.98. The number of nitrogens with zero attached hydrogens (tertiary/aromatic N) is 4. The molecule has 0 fully saturated rings. The van der Waals surface area contributed by atoms with Gasteiger partial charge >= 0.3 is 0 Å². The van der Waals surface area contributed by atoms with Crippen LogP contribution in [-0.4, -0.2) is 14.7 Å². The average Bonchev–Trinajstić information content (AvgIpc) is 2.91. The molecule has 0 bridgehead atoms. The molecule has 7 nitrogen and oxygen atoms in total. The standard InChI is InChI=1S/C12H13N5O2/c1-15-12(13)10-6-16(7-11(10)14-15)8-2-4-9(5-3-8)17(18)19/h2-5H,6-7,13H2,1H3. The van der Waals surface area contributed by atoms with Gasteiger partial charge < -0.3 is 10.6 Å². The highest BCUT2D eigenvalue weighted by Crippen LogP contribution is 2.31. The maximum absolute atomic E-state index is 10.6. The number of hydrogen-bond acceptors (Lipinski definition) is 5. The van der Waals surface area contributed by atoms with Gasteiger partial charge in [-0.15, -0.1) is 0 Å². The zero-order valence-electron chi connectivity index (χ0n) is 10.4. The molecule has 3 rings (SSSR count). The topological polar surface area (TPSA) is 90.2 Å². The molecule has 0 saturated carbocycles. The number of anilines is 2. The lowest BCUT2D eigenvalue weighted by atomic mass is 10.2. The number of aromatic nitrogens is 2. The summed E-state index contributed by atoms with van der Waals surface area (Å²) in [6.45, 7) is 1.37. The number of rotatable bonds is 2. The van der Waals surface area contributed by atoms with Crippen LogP contribution in [0.15, 0.2) is 24.3 Å². The van der Waals surface area contributed by atoms with Crippen molar-refractivity contribution < 1.29 is 4.92 Å². The number of benzene rings is 1. The van der Waals surface area contributed by atoms with E-state index in [4.69, 9.17) is 5.73 Å². The minimum absolute atomic E-state index is 0.0962. The summed E-state index contributed by atoms with van der Waals surface area (Å²) < 4.78 is 1.68. The Hall–Kier alpha value is -2.57. The Morgan fingerprint density at radius 3 is 2.58 bits per heavy atom. The first-order chi connectivity index (χ1) is 9.06. The number of aryl methyl sites for hydroxylation is 1. The van der Waals surface area contributed by atoms with Gasteiger partial charge in [-0.3, -0.25) is 14.8 Å². The molecule has 1 aromatic heterocycles. The van der Waals surface area contributed by atoms with Crippen molar-refractivity contribution in [3.05, 3.63) is 45.6 Å². The summed E-state index contributed by atoms with van der Waals surface area (Å²) in [6.07, 6.45) is 0. The van der Waals surface area contributed by atoms with E-state index in [0.717, 1.165) is 16.9 Å². The SMILES string of the molecule is Cn1nc2c(c1N)CN(c1ccc([N+](=O)[O-])cc1)C2. The second-order valence-corrected chi connectivity index (χ2v) is 4.56. The van der Waals surface area contributed by atoms with E-state index >= 15 is 0 Å². The Kier molecular flexibility index (Phi) is 2.41. The van der Waals surface area contributed by atoms with Crippen molar-refractivity contribution >= 4 is 17.2 Å². The lowest BCUT2D eigenvalue weighted by Gasteiger charge is -2.17. The van der Waals surface area contributed by atoms with Crippen molar-refractivity contribution in [3.63, 3.8) is 0 Å². The van der Waals surface area contributed by atoms with Crippen LogP contribution in [0.5, 0.6) is 0 Å². The maximum Gasteiger partial charge on any atom is 0.269 e. The molecule has 0 saturated heterocycles. The molecule has 1 aromatic carbocycles. The summed E-state index contributed by atoms with van der Waals surface area (Å²) in [7, 11) is 1.82. The van der Waals surface area contributed by atoms with Gasteiger partial charge in [0.05, 0.1) is 17.2 Å². The summed E-state index contributed by atoms with van der Waals surface area (Å²) in [6, 6.07) is 6.52. The largest absolute Gasteiger partial charge is 0.384 e. The fourth-order valence-corrected chi connectivity index (χ4v) is 2.33. The van der Waals surface area contributed by atoms with Crippen LogP contribution in [-0.2, 0) is 20.1 Å². The average molecular weight is 259 g/mol. The highest BCUT2D eigenvalue weighted by molar-refractivity contribution is 5.57. The zero-order chi connectivity index (χ0) is 13.6. The number of non-ortho nitro benzene ring substituents is 1. The van der Waals surface area contributed by atoms with E-state index in [1.54, 1.807) is 16.8 Å². The number of nitro benzene ring substituents is 1. The summed E-state index contributed by atoms with van der Waals surface area (Å²) in [5.41, 5.74) is 8.99. The molecule has 2 heterocycles. The molecule has 0 spiro atoms. The fraction of sp³-hybridized carbons (Fsp3) is 0.250. The van der Waals surface area contributed by atoms with E-state index in [0.29, 0.717) is 18.9 Å². The number of nitrogen functional groups attached to an aromatic ring is 1. The first-order valence-corrected chi connectivity index (χ1v) is 5.86. The molecule has 1 aliphatic rings. The van der Waals surface area contributed by atoms with Crippen LogP contribution in [0.3, 0.4) is 0 Å². The minimum Gasteiger partial charge on any atom is -0.384 e. The first-order valence-electron chi connectivity index (χ1n) is 5.86. The van der Waals surface area contributed by atoms with E-state index in [1.165, 1.54) is 12.1 Å². The molecule has 0 radical (unpaired) electrons. The van der Waals surface area contributed by atoms with Crippen LogP contribution in [0.1, 0.15) is 11.3 Å². The fourth-order valence-electron chi connectivity index (χ4n) is 2.33. The smallest absolute Gasteiger partial charge is 0.269 e. The highest BCUT2D eigenvalue weighted by Gasteiger charge is 2.25. The van der Waals surface area contributed by atoms with Crippen molar-refractivity contribution in [2.45, 2.75) is 13.1 Å². The van der Waals surface area contributed by atoms with Gasteiger partial charge in [-0.1, -0.05) is 0 Å². The van der Waals surface area contributed by atoms with E-state index in [1.807, 2.05) is 7.05 Å². The molecular formula is C12H13N5O2. The monoisotopic (exact) mass is 259 g/mol. The van der Waals surface area contributed by atoms with Gasteiger partial charge in [-0.05, 0) is 12.1 Å². The lowest BCUT2D eigenvalue weighted by molar-refractivity contribution is -0.384. The van der Waals surface area contributed by atoms with Crippen LogP contribution in [0.25, 0.3) is 0 Å². The van der Waals surface area contributed by atoms with Crippen LogP contribution < -0.4 is 10.6 Å². The van der Waals surface area contributed by atoms with Crippen LogP contribution in [0.2, 0.25) is 0 Å². The maximum atomic E-state index is 10.6. The summed E-state index contributed by atoms with van der Waals surface area (Å²) >= 11 is 0. The predicted molar refractivity (Wildman–Crippen MR) is 70.6 cm³/mol. The van der Waals surface area contributed by atoms with E-state index < -0.39 is 4.92 Å². The van der Waals surface area contributed by atoms with E-state index in [-0.39, 0.29) is 5.69 Å². The quantitative estimate of drug-likeness (QED) is 0.650. The van der Waals surface area contributed by atoms with Crippen LogP contribution >= 0.6 is 0 Å². The molecule has 1 aliphatic heterocycles. The Bertz CT molecular complexity index is 647. The molecular weight excluding hydrogens is 246 g/mol. The normalized spacial score (nSPS) is 13.6. The molecule has 0 unspecified atom stereocenters. The molecule has 7 heteroatoms. The van der Waals surface area contributed by atoms with Gasteiger partial charge in [0.25, 0.3) is 5.69 Å². The third-order valence-electron chi connectivity index (χ3n) is 3.39. The van der Waals surface area contributed by atoms with E-state index in [2.05, 4.69) is 10.00 Å². The Morgan fingerprint density at radius 1 is 1.32 bits per heavy atom. The van der Waals surface area contributed by atoms with Gasteiger partial charge in [0.15, 0.2) is 0 Å². The van der Waals surface area contributed by atoms with Crippen molar-refractivity contribution in [1.29, 1.82) is 0 Å². The van der Waals surface area contributed by atoms with Crippen molar-refractivity contribution in [1.82, 2.24) is 9.78 Å². The second-order valence-electron chi connectivity index (χ2n) is 4.56. The highest BCUT2D eigenvalue weighted by atomic mass is 16.6. The molecule has 0 amide bonds. The summed E-state index contributed by atoms with van der Waals surface area (Å²) in [5.74, 6) is 0.680. The summed E-state index contributed by atoms with van der Waals surface area (Å²) in [4.78, 5) is 12.3. The van der Waals surface area contributed by atoms with Crippen LogP contribution in [0, 0.1) is 10.1 Å². The lowest BCUT2D eigenvalue weighted by Crippen LogP contribution is -2.16.